The van der Waals surface area contributed by atoms with Crippen LogP contribution in [0.5, 0.6) is 0 Å². The van der Waals surface area contributed by atoms with E-state index in [2.05, 4.69) is 22.1 Å². The lowest BCUT2D eigenvalue weighted by Gasteiger charge is -2.14. The molecule has 2 heterocycles. The Balaban J connectivity index is 2.19. The van der Waals surface area contributed by atoms with Crippen LogP contribution in [0.3, 0.4) is 0 Å². The zero-order chi connectivity index (χ0) is 8.55. The topological polar surface area (TPSA) is 68.2 Å². The van der Waals surface area contributed by atoms with Crippen LogP contribution in [0.1, 0.15) is 24.8 Å². The summed E-state index contributed by atoms with van der Waals surface area (Å²) in [5, 5.41) is 7.49. The van der Waals surface area contributed by atoms with E-state index in [4.69, 9.17) is 10.2 Å². The van der Waals surface area contributed by atoms with Gasteiger partial charge in [-0.3, -0.25) is 4.90 Å². The summed E-state index contributed by atoms with van der Waals surface area (Å²) in [6.07, 6.45) is 2.27. The van der Waals surface area contributed by atoms with Crippen LogP contribution in [0, 0.1) is 0 Å². The van der Waals surface area contributed by atoms with Gasteiger partial charge in [0, 0.05) is 0 Å². The molecule has 1 aliphatic rings. The van der Waals surface area contributed by atoms with E-state index in [0.717, 1.165) is 13.0 Å². The summed E-state index contributed by atoms with van der Waals surface area (Å²) in [5.41, 5.74) is 5.33. The molecule has 2 N–H and O–H groups in total. The lowest BCUT2D eigenvalue weighted by atomic mass is 10.2. The number of hydrogen-bond donors (Lipinski definition) is 1. The molecule has 0 saturated carbocycles. The lowest BCUT2D eigenvalue weighted by molar-refractivity contribution is 0.270. The molecule has 1 aromatic heterocycles. The number of nitrogen functional groups attached to an aromatic ring is 1. The molecule has 2 rings (SSSR count). The van der Waals surface area contributed by atoms with Crippen LogP contribution in [-0.2, 0) is 0 Å². The molecular formula is C7H12N4O. The SMILES string of the molecule is CN1CCC[C@H]1c1nnc(N)o1. The lowest BCUT2D eigenvalue weighted by Crippen LogP contribution is -2.17. The van der Waals surface area contributed by atoms with E-state index in [9.17, 15) is 0 Å². The van der Waals surface area contributed by atoms with Crippen LogP contribution in [-0.4, -0.2) is 28.7 Å². The van der Waals surface area contributed by atoms with Crippen molar-refractivity contribution in [2.45, 2.75) is 18.9 Å². The first kappa shape index (κ1) is 7.54. The fourth-order valence-corrected chi connectivity index (χ4v) is 1.60. The zero-order valence-electron chi connectivity index (χ0n) is 7.03. The zero-order valence-corrected chi connectivity index (χ0v) is 7.03. The Hall–Kier alpha value is -1.10. The third-order valence-corrected chi connectivity index (χ3v) is 2.26. The molecule has 1 fully saturated rings. The highest BCUT2D eigenvalue weighted by Crippen LogP contribution is 2.29. The van der Waals surface area contributed by atoms with Crippen molar-refractivity contribution in [2.24, 2.45) is 0 Å². The Labute approximate surface area is 70.6 Å². The van der Waals surface area contributed by atoms with E-state index in [0.29, 0.717) is 5.89 Å². The Morgan fingerprint density at radius 1 is 1.58 bits per heavy atom. The smallest absolute Gasteiger partial charge is 0.312 e. The maximum absolute atomic E-state index is 5.33. The third-order valence-electron chi connectivity index (χ3n) is 2.26. The van der Waals surface area contributed by atoms with Gasteiger partial charge in [0.1, 0.15) is 0 Å². The molecule has 5 heteroatoms. The van der Waals surface area contributed by atoms with Crippen LogP contribution in [0.25, 0.3) is 0 Å². The molecule has 0 aromatic carbocycles. The quantitative estimate of drug-likeness (QED) is 0.658. The highest BCUT2D eigenvalue weighted by atomic mass is 16.4. The van der Waals surface area contributed by atoms with Gasteiger partial charge in [-0.15, -0.1) is 5.10 Å². The average Bonchev–Trinajstić information content (AvgIpc) is 2.58. The highest BCUT2D eigenvalue weighted by molar-refractivity contribution is 5.07. The third kappa shape index (κ3) is 1.16. The molecular weight excluding hydrogens is 156 g/mol. The van der Waals surface area contributed by atoms with Gasteiger partial charge in [0.15, 0.2) is 0 Å². The van der Waals surface area contributed by atoms with Gasteiger partial charge in [0.05, 0.1) is 6.04 Å². The molecule has 0 bridgehead atoms. The number of aromatic nitrogens is 2. The maximum Gasteiger partial charge on any atom is 0.312 e. The van der Waals surface area contributed by atoms with Crippen molar-refractivity contribution in [3.8, 4) is 0 Å². The minimum absolute atomic E-state index is 0.158. The Kier molecular flexibility index (Phi) is 1.73. The average molecular weight is 168 g/mol. The molecule has 12 heavy (non-hydrogen) atoms. The fraction of sp³-hybridized carbons (Fsp3) is 0.714. The number of nitrogens with two attached hydrogens (primary N) is 1. The second-order valence-corrected chi connectivity index (χ2v) is 3.12. The molecule has 1 aliphatic heterocycles. The number of anilines is 1. The van der Waals surface area contributed by atoms with Gasteiger partial charge < -0.3 is 10.2 Å². The summed E-state index contributed by atoms with van der Waals surface area (Å²) in [6.45, 7) is 1.09. The molecule has 1 atom stereocenters. The summed E-state index contributed by atoms with van der Waals surface area (Å²) in [6, 6.07) is 0.431. The van der Waals surface area contributed by atoms with Crippen molar-refractivity contribution in [1.29, 1.82) is 0 Å². The Morgan fingerprint density at radius 2 is 2.42 bits per heavy atom. The van der Waals surface area contributed by atoms with Crippen molar-refractivity contribution in [3.05, 3.63) is 5.89 Å². The summed E-state index contributed by atoms with van der Waals surface area (Å²) < 4.78 is 5.15. The molecule has 66 valence electrons. The monoisotopic (exact) mass is 168 g/mol. The molecule has 0 radical (unpaired) electrons. The second kappa shape index (κ2) is 2.75. The van der Waals surface area contributed by atoms with Crippen molar-refractivity contribution in [3.63, 3.8) is 0 Å². The number of hydrogen-bond acceptors (Lipinski definition) is 5. The maximum atomic E-state index is 5.33. The fourth-order valence-electron chi connectivity index (χ4n) is 1.60. The first-order chi connectivity index (χ1) is 5.77. The van der Waals surface area contributed by atoms with E-state index in [1.165, 1.54) is 6.42 Å². The van der Waals surface area contributed by atoms with Crippen LogP contribution in [0.4, 0.5) is 6.01 Å². The molecule has 0 amide bonds. The van der Waals surface area contributed by atoms with E-state index < -0.39 is 0 Å². The van der Waals surface area contributed by atoms with Gasteiger partial charge in [0.25, 0.3) is 0 Å². The minimum Gasteiger partial charge on any atom is -0.407 e. The van der Waals surface area contributed by atoms with Crippen molar-refractivity contribution in [2.75, 3.05) is 19.3 Å². The molecule has 1 aromatic rings. The van der Waals surface area contributed by atoms with Gasteiger partial charge in [-0.1, -0.05) is 5.10 Å². The molecule has 0 aliphatic carbocycles. The van der Waals surface area contributed by atoms with Crippen molar-refractivity contribution >= 4 is 6.01 Å². The van der Waals surface area contributed by atoms with E-state index >= 15 is 0 Å². The van der Waals surface area contributed by atoms with E-state index in [1.807, 2.05) is 0 Å². The van der Waals surface area contributed by atoms with Gasteiger partial charge in [-0.05, 0) is 26.4 Å². The largest absolute Gasteiger partial charge is 0.407 e. The van der Waals surface area contributed by atoms with Gasteiger partial charge in [-0.2, -0.15) is 0 Å². The molecule has 1 saturated heterocycles. The van der Waals surface area contributed by atoms with Gasteiger partial charge in [-0.25, -0.2) is 0 Å². The number of likely N-dealkylation sites (tertiary alicyclic amines) is 1. The highest BCUT2D eigenvalue weighted by Gasteiger charge is 2.27. The Bertz CT molecular complexity index is 272. The minimum atomic E-state index is 0.158. The standard InChI is InChI=1S/C7H12N4O/c1-11-4-2-3-5(11)6-9-10-7(8)12-6/h5H,2-4H2,1H3,(H2,8,10)/t5-/m0/s1. The molecule has 5 nitrogen and oxygen atoms in total. The van der Waals surface area contributed by atoms with Crippen molar-refractivity contribution < 1.29 is 4.42 Å². The normalized spacial score (nSPS) is 24.9. The summed E-state index contributed by atoms with van der Waals surface area (Å²) in [4.78, 5) is 2.20. The van der Waals surface area contributed by atoms with Crippen LogP contribution in [0.15, 0.2) is 4.42 Å². The Morgan fingerprint density at radius 3 is 2.92 bits per heavy atom. The summed E-state index contributed by atoms with van der Waals surface area (Å²) >= 11 is 0. The van der Waals surface area contributed by atoms with Gasteiger partial charge >= 0.3 is 6.01 Å². The van der Waals surface area contributed by atoms with Crippen LogP contribution in [0.2, 0.25) is 0 Å². The molecule has 0 spiro atoms. The van der Waals surface area contributed by atoms with Gasteiger partial charge in [0.2, 0.25) is 5.89 Å². The van der Waals surface area contributed by atoms with Crippen LogP contribution >= 0.6 is 0 Å². The van der Waals surface area contributed by atoms with E-state index in [-0.39, 0.29) is 12.1 Å². The second-order valence-electron chi connectivity index (χ2n) is 3.12. The predicted molar refractivity (Wildman–Crippen MR) is 43.3 cm³/mol. The summed E-state index contributed by atoms with van der Waals surface area (Å²) in [5.74, 6) is 0.646. The van der Waals surface area contributed by atoms with Crippen LogP contribution < -0.4 is 5.73 Å². The van der Waals surface area contributed by atoms with E-state index in [1.54, 1.807) is 0 Å². The number of rotatable bonds is 1. The van der Waals surface area contributed by atoms with Crippen molar-refractivity contribution in [1.82, 2.24) is 15.1 Å². The first-order valence-electron chi connectivity index (χ1n) is 4.06. The summed E-state index contributed by atoms with van der Waals surface area (Å²) in [7, 11) is 2.05. The predicted octanol–water partition coefficient (Wildman–Crippen LogP) is 0.418. The number of nitrogens with zero attached hydrogens (tertiary/aromatic N) is 3. The first-order valence-corrected chi connectivity index (χ1v) is 4.06. The molecule has 0 unspecified atom stereocenters.